The van der Waals surface area contributed by atoms with Gasteiger partial charge in [0.2, 0.25) is 5.91 Å². The van der Waals surface area contributed by atoms with Crippen molar-refractivity contribution in [1.82, 2.24) is 20.5 Å². The van der Waals surface area contributed by atoms with Gasteiger partial charge >= 0.3 is 0 Å². The van der Waals surface area contributed by atoms with Crippen LogP contribution in [0.4, 0.5) is 0 Å². The fourth-order valence-corrected chi connectivity index (χ4v) is 5.66. The van der Waals surface area contributed by atoms with E-state index in [1.54, 1.807) is 0 Å². The summed E-state index contributed by atoms with van der Waals surface area (Å²) in [5, 5.41) is 7.95. The number of piperidine rings is 3. The van der Waals surface area contributed by atoms with Crippen molar-refractivity contribution in [1.29, 1.82) is 0 Å². The first-order valence-electron chi connectivity index (χ1n) is 11.0. The first-order valence-corrected chi connectivity index (χ1v) is 11.0. The summed E-state index contributed by atoms with van der Waals surface area (Å²) < 4.78 is 0. The second kappa shape index (κ2) is 7.88. The summed E-state index contributed by atoms with van der Waals surface area (Å²) in [5.74, 6) is 1.37. The molecule has 4 aliphatic rings. The van der Waals surface area contributed by atoms with Crippen LogP contribution in [0.25, 0.3) is 10.9 Å². The van der Waals surface area contributed by atoms with E-state index in [2.05, 4.69) is 57.4 Å². The molecule has 2 aromatic rings. The highest BCUT2D eigenvalue weighted by Crippen LogP contribution is 2.42. The van der Waals surface area contributed by atoms with Gasteiger partial charge < -0.3 is 10.6 Å². The molecule has 6 atom stereocenters. The Morgan fingerprint density at radius 1 is 1.31 bits per heavy atom. The van der Waals surface area contributed by atoms with Crippen molar-refractivity contribution in [3.63, 3.8) is 0 Å². The molecule has 5 nitrogen and oxygen atoms in total. The number of carbonyl (C=O) groups excluding carboxylic acids is 1. The van der Waals surface area contributed by atoms with Gasteiger partial charge in [0.25, 0.3) is 0 Å². The third-order valence-electron chi connectivity index (χ3n) is 7.23. The summed E-state index contributed by atoms with van der Waals surface area (Å²) in [6.45, 7) is 7.15. The van der Waals surface area contributed by atoms with Crippen molar-refractivity contribution < 1.29 is 4.79 Å². The van der Waals surface area contributed by atoms with Gasteiger partial charge in [-0.05, 0) is 68.3 Å². The van der Waals surface area contributed by atoms with E-state index in [1.807, 2.05) is 12.3 Å². The molecule has 5 heterocycles. The number of carbonyl (C=O) groups is 1. The molecule has 4 unspecified atom stereocenters. The minimum Gasteiger partial charge on any atom is -0.346 e. The molecular weight excluding hydrogens is 360 g/mol. The third kappa shape index (κ3) is 3.47. The molecule has 4 aliphatic heterocycles. The number of rotatable bonds is 5. The Morgan fingerprint density at radius 3 is 2.97 bits per heavy atom. The fourth-order valence-electron chi connectivity index (χ4n) is 5.66. The van der Waals surface area contributed by atoms with Crippen molar-refractivity contribution in [2.24, 2.45) is 11.8 Å². The lowest BCUT2D eigenvalue weighted by molar-refractivity contribution is -0.124. The number of hydrogen-bond acceptors (Lipinski definition) is 4. The average molecular weight is 391 g/mol. The Hall–Kier alpha value is -2.24. The van der Waals surface area contributed by atoms with Crippen LogP contribution in [0.2, 0.25) is 0 Å². The Bertz CT molecular complexity index is 901. The number of nitrogens with zero attached hydrogens (tertiary/aromatic N) is 2. The molecule has 4 fully saturated rings. The lowest BCUT2D eigenvalue weighted by Crippen LogP contribution is -2.58. The highest BCUT2D eigenvalue weighted by atomic mass is 16.2. The first-order chi connectivity index (χ1) is 14.2. The SMILES string of the molecule is C=CC1CN2CCC1CC2[C@@H](NC(=O)[C@@H]1CCCN1)c1ccnc2ccccc12. The van der Waals surface area contributed by atoms with Crippen molar-refractivity contribution in [2.45, 2.75) is 43.8 Å². The maximum Gasteiger partial charge on any atom is 0.237 e. The predicted molar refractivity (Wildman–Crippen MR) is 115 cm³/mol. The average Bonchev–Trinajstić information content (AvgIpc) is 3.32. The molecule has 0 saturated carbocycles. The maximum absolute atomic E-state index is 13.1. The van der Waals surface area contributed by atoms with Crippen molar-refractivity contribution in [3.05, 3.63) is 54.7 Å². The molecule has 4 saturated heterocycles. The number of amides is 1. The van der Waals surface area contributed by atoms with Crippen LogP contribution in [0, 0.1) is 11.8 Å². The van der Waals surface area contributed by atoms with Crippen LogP contribution in [0.1, 0.15) is 37.3 Å². The van der Waals surface area contributed by atoms with Crippen LogP contribution >= 0.6 is 0 Å². The van der Waals surface area contributed by atoms with Crippen LogP contribution in [0.3, 0.4) is 0 Å². The number of hydrogen-bond donors (Lipinski definition) is 2. The zero-order valence-corrected chi connectivity index (χ0v) is 16.9. The summed E-state index contributed by atoms with van der Waals surface area (Å²) in [6.07, 6.45) is 8.34. The molecule has 0 aliphatic carbocycles. The van der Waals surface area contributed by atoms with E-state index in [0.717, 1.165) is 49.8 Å². The van der Waals surface area contributed by atoms with Gasteiger partial charge in [0.15, 0.2) is 0 Å². The van der Waals surface area contributed by atoms with E-state index in [0.29, 0.717) is 17.9 Å². The smallest absolute Gasteiger partial charge is 0.237 e. The van der Waals surface area contributed by atoms with Crippen LogP contribution in [-0.4, -0.2) is 47.5 Å². The van der Waals surface area contributed by atoms with Gasteiger partial charge in [-0.2, -0.15) is 0 Å². The van der Waals surface area contributed by atoms with Crippen LogP contribution in [0.15, 0.2) is 49.2 Å². The summed E-state index contributed by atoms with van der Waals surface area (Å²) >= 11 is 0. The highest BCUT2D eigenvalue weighted by molar-refractivity contribution is 5.85. The maximum atomic E-state index is 13.1. The molecule has 1 amide bonds. The quantitative estimate of drug-likeness (QED) is 0.771. The van der Waals surface area contributed by atoms with Crippen LogP contribution in [0.5, 0.6) is 0 Å². The topological polar surface area (TPSA) is 57.3 Å². The zero-order valence-electron chi connectivity index (χ0n) is 16.9. The molecule has 0 spiro atoms. The van der Waals surface area contributed by atoms with Gasteiger partial charge in [0, 0.05) is 24.2 Å². The molecular formula is C24H30N4O. The minimum atomic E-state index is -0.0673. The van der Waals surface area contributed by atoms with Gasteiger partial charge in [-0.3, -0.25) is 14.7 Å². The molecule has 2 bridgehead atoms. The van der Waals surface area contributed by atoms with E-state index in [9.17, 15) is 4.79 Å². The van der Waals surface area contributed by atoms with Crippen molar-refractivity contribution in [2.75, 3.05) is 19.6 Å². The molecule has 1 aromatic carbocycles. The lowest BCUT2D eigenvalue weighted by Gasteiger charge is -2.51. The standard InChI is InChI=1S/C24H30N4O/c1-2-16-15-28-13-10-17(16)14-22(28)23(27-24(29)21-8-5-11-25-21)19-9-12-26-20-7-4-3-6-18(19)20/h2-4,6-7,9,12,16-17,21-23,25H,1,5,8,10-11,13-15H2,(H,27,29)/t16?,17?,21-,22?,23-/m0/s1. The largest absolute Gasteiger partial charge is 0.346 e. The number of aromatic nitrogens is 1. The minimum absolute atomic E-state index is 0.0219. The van der Waals surface area contributed by atoms with Gasteiger partial charge in [0.1, 0.15) is 0 Å². The number of nitrogens with one attached hydrogen (secondary N) is 2. The zero-order chi connectivity index (χ0) is 19.8. The number of fused-ring (bicyclic) bond motifs is 4. The number of pyridine rings is 1. The van der Waals surface area contributed by atoms with Gasteiger partial charge in [-0.25, -0.2) is 0 Å². The Morgan fingerprint density at radius 2 is 2.21 bits per heavy atom. The fraction of sp³-hybridized carbons (Fsp3) is 0.500. The highest BCUT2D eigenvalue weighted by Gasteiger charge is 2.43. The van der Waals surface area contributed by atoms with Gasteiger partial charge in [-0.1, -0.05) is 24.3 Å². The predicted octanol–water partition coefficient (Wildman–Crippen LogP) is 3.04. The molecule has 6 rings (SSSR count). The Balaban J connectivity index is 1.51. The second-order valence-electron chi connectivity index (χ2n) is 8.80. The van der Waals surface area contributed by atoms with Crippen molar-refractivity contribution >= 4 is 16.8 Å². The molecule has 152 valence electrons. The third-order valence-corrected chi connectivity index (χ3v) is 7.23. The van der Waals surface area contributed by atoms with E-state index in [-0.39, 0.29) is 18.0 Å². The number of benzene rings is 1. The normalized spacial score (nSPS) is 32.2. The summed E-state index contributed by atoms with van der Waals surface area (Å²) in [6, 6.07) is 10.6. The van der Waals surface area contributed by atoms with E-state index in [1.165, 1.54) is 12.0 Å². The Kier molecular flexibility index (Phi) is 5.10. The van der Waals surface area contributed by atoms with Gasteiger partial charge in [-0.15, -0.1) is 6.58 Å². The summed E-state index contributed by atoms with van der Waals surface area (Å²) in [7, 11) is 0. The molecule has 2 N–H and O–H groups in total. The van der Waals surface area contributed by atoms with E-state index >= 15 is 0 Å². The molecule has 5 heteroatoms. The summed E-state index contributed by atoms with van der Waals surface area (Å²) in [5.41, 5.74) is 2.18. The van der Waals surface area contributed by atoms with E-state index in [4.69, 9.17) is 0 Å². The Labute approximate surface area is 172 Å². The van der Waals surface area contributed by atoms with Crippen LogP contribution < -0.4 is 10.6 Å². The number of para-hydroxylation sites is 1. The van der Waals surface area contributed by atoms with Gasteiger partial charge in [0.05, 0.1) is 17.6 Å². The molecule has 1 aromatic heterocycles. The summed E-state index contributed by atoms with van der Waals surface area (Å²) in [4.78, 5) is 20.2. The second-order valence-corrected chi connectivity index (χ2v) is 8.80. The first kappa shape index (κ1) is 18.8. The molecule has 29 heavy (non-hydrogen) atoms. The lowest BCUT2D eigenvalue weighted by atomic mass is 9.73. The van der Waals surface area contributed by atoms with Crippen molar-refractivity contribution in [3.8, 4) is 0 Å². The van der Waals surface area contributed by atoms with Crippen LogP contribution in [-0.2, 0) is 4.79 Å². The monoisotopic (exact) mass is 390 g/mol. The molecule has 0 radical (unpaired) electrons. The van der Waals surface area contributed by atoms with E-state index < -0.39 is 0 Å².